The first kappa shape index (κ1) is 25.9. The molecule has 0 fully saturated rings. The van der Waals surface area contributed by atoms with Crippen LogP contribution in [0.25, 0.3) is 0 Å². The summed E-state index contributed by atoms with van der Waals surface area (Å²) in [5.41, 5.74) is 3.62. The molecule has 2 aliphatic rings. The SMILES string of the molecule is O=C(CCCCCN1C(=O)c2ccccc2C1=O)Nc1sc2c(c1C(=O)NCc1ccccc1)CCCC2. The van der Waals surface area contributed by atoms with Gasteiger partial charge in [-0.1, -0.05) is 48.9 Å². The van der Waals surface area contributed by atoms with Gasteiger partial charge in [-0.3, -0.25) is 24.1 Å². The Kier molecular flexibility index (Phi) is 7.98. The maximum Gasteiger partial charge on any atom is 0.261 e. The number of amides is 4. The molecule has 2 aromatic carbocycles. The normalized spacial score (nSPS) is 14.3. The molecule has 0 saturated carbocycles. The van der Waals surface area contributed by atoms with Crippen LogP contribution in [0.2, 0.25) is 0 Å². The molecule has 5 rings (SSSR count). The molecule has 1 aliphatic carbocycles. The first-order chi connectivity index (χ1) is 18.5. The van der Waals surface area contributed by atoms with Crippen LogP contribution in [0.1, 0.15) is 85.6 Å². The number of imide groups is 1. The first-order valence-electron chi connectivity index (χ1n) is 13.2. The first-order valence-corrected chi connectivity index (χ1v) is 14.1. The molecule has 3 aromatic rings. The fraction of sp³-hybridized carbons (Fsp3) is 0.333. The van der Waals surface area contributed by atoms with Gasteiger partial charge in [-0.25, -0.2) is 0 Å². The highest BCUT2D eigenvalue weighted by molar-refractivity contribution is 7.17. The van der Waals surface area contributed by atoms with Gasteiger partial charge in [-0.05, 0) is 61.8 Å². The number of aryl methyl sites for hydroxylation is 1. The van der Waals surface area contributed by atoms with E-state index in [-0.39, 0.29) is 23.6 Å². The topological polar surface area (TPSA) is 95.6 Å². The number of hydrogen-bond donors (Lipinski definition) is 2. The zero-order valence-electron chi connectivity index (χ0n) is 21.3. The molecule has 1 aliphatic heterocycles. The Labute approximate surface area is 226 Å². The summed E-state index contributed by atoms with van der Waals surface area (Å²) in [7, 11) is 0. The Bertz CT molecular complexity index is 1330. The summed E-state index contributed by atoms with van der Waals surface area (Å²) in [5, 5.41) is 6.66. The van der Waals surface area contributed by atoms with Crippen LogP contribution in [0.4, 0.5) is 5.00 Å². The Balaban J connectivity index is 1.13. The lowest BCUT2D eigenvalue weighted by molar-refractivity contribution is -0.116. The van der Waals surface area contributed by atoms with Gasteiger partial charge in [0, 0.05) is 24.4 Å². The van der Waals surface area contributed by atoms with Crippen LogP contribution in [0.3, 0.4) is 0 Å². The van der Waals surface area contributed by atoms with Gasteiger partial charge in [0.1, 0.15) is 5.00 Å². The number of unbranched alkanes of at least 4 members (excludes halogenated alkanes) is 2. The average Bonchev–Trinajstić information content (AvgIpc) is 3.42. The molecule has 1 aromatic heterocycles. The van der Waals surface area contributed by atoms with E-state index in [2.05, 4.69) is 10.6 Å². The van der Waals surface area contributed by atoms with Gasteiger partial charge in [-0.15, -0.1) is 11.3 Å². The molecule has 2 heterocycles. The minimum absolute atomic E-state index is 0.124. The second-order valence-electron chi connectivity index (χ2n) is 9.75. The molecule has 0 atom stereocenters. The van der Waals surface area contributed by atoms with Crippen LogP contribution in [0.15, 0.2) is 54.6 Å². The number of carbonyl (C=O) groups is 4. The van der Waals surface area contributed by atoms with Crippen LogP contribution in [0.5, 0.6) is 0 Å². The number of anilines is 1. The molecule has 2 N–H and O–H groups in total. The Morgan fingerprint density at radius 2 is 1.53 bits per heavy atom. The predicted molar refractivity (Wildman–Crippen MR) is 147 cm³/mol. The molecule has 0 spiro atoms. The number of thiophene rings is 1. The lowest BCUT2D eigenvalue weighted by Crippen LogP contribution is -2.30. The summed E-state index contributed by atoms with van der Waals surface area (Å²) >= 11 is 1.52. The zero-order valence-corrected chi connectivity index (χ0v) is 22.1. The van der Waals surface area contributed by atoms with Gasteiger partial charge < -0.3 is 10.6 Å². The Morgan fingerprint density at radius 3 is 2.26 bits per heavy atom. The summed E-state index contributed by atoms with van der Waals surface area (Å²) in [6, 6.07) is 16.7. The van der Waals surface area contributed by atoms with Gasteiger partial charge >= 0.3 is 0 Å². The smallest absolute Gasteiger partial charge is 0.261 e. The summed E-state index contributed by atoms with van der Waals surface area (Å²) in [4.78, 5) is 53.5. The standard InChI is InChI=1S/C30H31N3O4S/c34-25(17-5-2-10-18-33-29(36)21-13-6-7-14-22(21)30(33)37)32-28-26(23-15-8-9-16-24(23)38-28)27(35)31-19-20-11-3-1-4-12-20/h1,3-4,6-7,11-14H,2,5,8-10,15-19H2,(H,31,35)(H,32,34). The van der Waals surface area contributed by atoms with E-state index in [0.717, 1.165) is 36.8 Å². The average molecular weight is 530 g/mol. The molecule has 0 saturated heterocycles. The van der Waals surface area contributed by atoms with Gasteiger partial charge in [0.2, 0.25) is 5.91 Å². The van der Waals surface area contributed by atoms with E-state index >= 15 is 0 Å². The van der Waals surface area contributed by atoms with E-state index in [9.17, 15) is 19.2 Å². The summed E-state index contributed by atoms with van der Waals surface area (Å²) in [6.07, 6.45) is 6.24. The third-order valence-corrected chi connectivity index (χ3v) is 8.32. The maximum atomic E-state index is 13.2. The van der Waals surface area contributed by atoms with Crippen molar-refractivity contribution < 1.29 is 19.2 Å². The van der Waals surface area contributed by atoms with Crippen molar-refractivity contribution in [2.45, 2.75) is 57.9 Å². The number of carbonyl (C=O) groups excluding carboxylic acids is 4. The van der Waals surface area contributed by atoms with Crippen molar-refractivity contribution in [3.8, 4) is 0 Å². The van der Waals surface area contributed by atoms with Crippen molar-refractivity contribution in [1.82, 2.24) is 10.2 Å². The lowest BCUT2D eigenvalue weighted by Gasteiger charge is -2.14. The monoisotopic (exact) mass is 529 g/mol. The molecular formula is C30H31N3O4S. The molecule has 7 nitrogen and oxygen atoms in total. The van der Waals surface area contributed by atoms with E-state index in [4.69, 9.17) is 0 Å². The van der Waals surface area contributed by atoms with Crippen LogP contribution in [-0.4, -0.2) is 35.1 Å². The van der Waals surface area contributed by atoms with E-state index < -0.39 is 0 Å². The number of hydrogen-bond acceptors (Lipinski definition) is 5. The summed E-state index contributed by atoms with van der Waals surface area (Å²) < 4.78 is 0. The third kappa shape index (κ3) is 5.55. The molecule has 38 heavy (non-hydrogen) atoms. The van der Waals surface area contributed by atoms with Crippen LogP contribution < -0.4 is 10.6 Å². The molecule has 0 radical (unpaired) electrons. The maximum absolute atomic E-state index is 13.2. The van der Waals surface area contributed by atoms with Crippen molar-refractivity contribution in [1.29, 1.82) is 0 Å². The summed E-state index contributed by atoms with van der Waals surface area (Å²) in [5.74, 6) is -0.767. The lowest BCUT2D eigenvalue weighted by atomic mass is 9.95. The molecule has 0 unspecified atom stereocenters. The van der Waals surface area contributed by atoms with Crippen LogP contribution in [-0.2, 0) is 24.2 Å². The van der Waals surface area contributed by atoms with Crippen LogP contribution in [0, 0.1) is 0 Å². The molecule has 196 valence electrons. The van der Waals surface area contributed by atoms with Gasteiger partial charge in [-0.2, -0.15) is 0 Å². The highest BCUT2D eigenvalue weighted by Crippen LogP contribution is 2.38. The minimum atomic E-state index is -0.247. The highest BCUT2D eigenvalue weighted by atomic mass is 32.1. The molecular weight excluding hydrogens is 498 g/mol. The van der Waals surface area contributed by atoms with Gasteiger partial charge in [0.25, 0.3) is 17.7 Å². The number of nitrogens with one attached hydrogen (secondary N) is 2. The van der Waals surface area contributed by atoms with Crippen molar-refractivity contribution in [3.05, 3.63) is 87.3 Å². The van der Waals surface area contributed by atoms with Crippen molar-refractivity contribution in [2.75, 3.05) is 11.9 Å². The fourth-order valence-corrected chi connectivity index (χ4v) is 6.43. The van der Waals surface area contributed by atoms with Gasteiger partial charge in [0.15, 0.2) is 0 Å². The second-order valence-corrected chi connectivity index (χ2v) is 10.9. The van der Waals surface area contributed by atoms with E-state index in [1.807, 2.05) is 30.3 Å². The Hall–Kier alpha value is -3.78. The van der Waals surface area contributed by atoms with E-state index in [1.54, 1.807) is 24.3 Å². The highest BCUT2D eigenvalue weighted by Gasteiger charge is 2.34. The molecule has 0 bridgehead atoms. The zero-order chi connectivity index (χ0) is 26.5. The number of rotatable bonds is 10. The molecule has 8 heteroatoms. The quantitative estimate of drug-likeness (QED) is 0.273. The minimum Gasteiger partial charge on any atom is -0.348 e. The van der Waals surface area contributed by atoms with Crippen LogP contribution >= 0.6 is 11.3 Å². The second kappa shape index (κ2) is 11.7. The number of nitrogens with zero attached hydrogens (tertiary/aromatic N) is 1. The number of benzene rings is 2. The van der Waals surface area contributed by atoms with E-state index in [0.29, 0.717) is 60.5 Å². The van der Waals surface area contributed by atoms with Gasteiger partial charge in [0.05, 0.1) is 16.7 Å². The largest absolute Gasteiger partial charge is 0.348 e. The predicted octanol–water partition coefficient (Wildman–Crippen LogP) is 5.35. The van der Waals surface area contributed by atoms with Crippen molar-refractivity contribution in [3.63, 3.8) is 0 Å². The number of fused-ring (bicyclic) bond motifs is 2. The van der Waals surface area contributed by atoms with E-state index in [1.165, 1.54) is 21.1 Å². The molecule has 4 amide bonds. The fourth-order valence-electron chi connectivity index (χ4n) is 5.12. The summed E-state index contributed by atoms with van der Waals surface area (Å²) in [6.45, 7) is 0.780. The van der Waals surface area contributed by atoms with Crippen molar-refractivity contribution in [2.24, 2.45) is 0 Å². The van der Waals surface area contributed by atoms with Crippen molar-refractivity contribution >= 4 is 40.0 Å². The Morgan fingerprint density at radius 1 is 0.842 bits per heavy atom. The third-order valence-electron chi connectivity index (χ3n) is 7.11.